The van der Waals surface area contributed by atoms with Gasteiger partial charge >= 0.3 is 0 Å². The summed E-state index contributed by atoms with van der Waals surface area (Å²) in [6.07, 6.45) is 7.99. The Bertz CT molecular complexity index is 1260. The number of hydrogen-bond donors (Lipinski definition) is 1. The fraction of sp³-hybridized carbons (Fsp3) is 0.364. The van der Waals surface area contributed by atoms with Crippen LogP contribution < -0.4 is 4.74 Å². The highest BCUT2D eigenvalue weighted by Crippen LogP contribution is 2.42. The fourth-order valence-electron chi connectivity index (χ4n) is 3.85. The third-order valence-corrected chi connectivity index (χ3v) is 5.86. The summed E-state index contributed by atoms with van der Waals surface area (Å²) in [5.41, 5.74) is 2.13. The molecular weight excluding hydrogens is 415 g/mol. The van der Waals surface area contributed by atoms with Gasteiger partial charge in [0.05, 0.1) is 60.7 Å². The number of aliphatic hydroxyl groups excluding tert-OH is 1. The number of fused-ring (bicyclic) bond motifs is 1. The minimum Gasteiger partial charge on any atom is -0.490 e. The lowest BCUT2D eigenvalue weighted by atomic mass is 10.1. The van der Waals surface area contributed by atoms with E-state index < -0.39 is 11.8 Å². The second kappa shape index (κ2) is 7.35. The van der Waals surface area contributed by atoms with E-state index in [2.05, 4.69) is 20.3 Å². The van der Waals surface area contributed by atoms with E-state index in [1.54, 1.807) is 53.9 Å². The van der Waals surface area contributed by atoms with Crippen LogP contribution in [-0.4, -0.2) is 60.0 Å². The molecule has 6 rings (SSSR count). The molecule has 0 radical (unpaired) electrons. The molecule has 32 heavy (non-hydrogen) atoms. The van der Waals surface area contributed by atoms with Gasteiger partial charge in [0.2, 0.25) is 0 Å². The van der Waals surface area contributed by atoms with Gasteiger partial charge in [0.15, 0.2) is 5.67 Å². The highest BCUT2D eigenvalue weighted by Gasteiger charge is 2.39. The third-order valence-electron chi connectivity index (χ3n) is 5.86. The van der Waals surface area contributed by atoms with E-state index in [0.29, 0.717) is 23.1 Å². The molecule has 10 heteroatoms. The van der Waals surface area contributed by atoms with Crippen molar-refractivity contribution in [2.24, 2.45) is 0 Å². The first kappa shape index (κ1) is 19.3. The molecule has 4 aromatic rings. The lowest BCUT2D eigenvalue weighted by Gasteiger charge is -2.33. The van der Waals surface area contributed by atoms with Crippen molar-refractivity contribution in [1.82, 2.24) is 29.4 Å². The molecule has 0 bridgehead atoms. The minimum atomic E-state index is -1.40. The molecule has 164 valence electrons. The largest absolute Gasteiger partial charge is 0.490 e. The van der Waals surface area contributed by atoms with Crippen LogP contribution in [0, 0.1) is 0 Å². The number of aliphatic hydroxyl groups is 1. The van der Waals surface area contributed by atoms with Gasteiger partial charge in [-0.25, -0.2) is 14.1 Å². The third kappa shape index (κ3) is 3.41. The molecule has 1 N–H and O–H groups in total. The number of aromatic nitrogens is 6. The minimum absolute atomic E-state index is 0.0385. The number of hydrogen-bond acceptors (Lipinski definition) is 7. The zero-order chi connectivity index (χ0) is 21.7. The van der Waals surface area contributed by atoms with Crippen molar-refractivity contribution in [2.45, 2.75) is 30.5 Å². The highest BCUT2D eigenvalue weighted by molar-refractivity contribution is 5.47. The van der Waals surface area contributed by atoms with Crippen LogP contribution in [0.1, 0.15) is 41.9 Å². The van der Waals surface area contributed by atoms with Crippen LogP contribution in [0.5, 0.6) is 5.75 Å². The van der Waals surface area contributed by atoms with Gasteiger partial charge in [-0.3, -0.25) is 9.38 Å². The lowest BCUT2D eigenvalue weighted by Crippen LogP contribution is -2.50. The number of benzene rings is 1. The van der Waals surface area contributed by atoms with Crippen molar-refractivity contribution in [1.29, 1.82) is 0 Å². The average molecular weight is 436 g/mol. The molecule has 9 nitrogen and oxygen atoms in total. The number of nitrogens with zero attached hydrogens (tertiary/aromatic N) is 6. The normalized spacial score (nSPS) is 18.4. The van der Waals surface area contributed by atoms with E-state index in [1.807, 2.05) is 4.40 Å². The molecule has 1 aliphatic heterocycles. The zero-order valence-electron chi connectivity index (χ0n) is 17.1. The Labute approximate surface area is 182 Å². The Balaban J connectivity index is 1.24. The van der Waals surface area contributed by atoms with Crippen LogP contribution in [0.2, 0.25) is 0 Å². The van der Waals surface area contributed by atoms with E-state index in [1.165, 1.54) is 0 Å². The number of rotatable bonds is 7. The quantitative estimate of drug-likeness (QED) is 0.475. The first-order valence-electron chi connectivity index (χ1n) is 10.5. The van der Waals surface area contributed by atoms with Crippen LogP contribution in [0.25, 0.3) is 11.2 Å². The van der Waals surface area contributed by atoms with E-state index >= 15 is 0 Å². The summed E-state index contributed by atoms with van der Waals surface area (Å²) in [5.74, 6) is 0.911. The highest BCUT2D eigenvalue weighted by atomic mass is 19.1. The summed E-state index contributed by atoms with van der Waals surface area (Å²) >= 11 is 0. The smallest absolute Gasteiger partial charge is 0.190 e. The average Bonchev–Trinajstić information content (AvgIpc) is 3.32. The topological polar surface area (TPSA) is 99.6 Å². The Kier molecular flexibility index (Phi) is 4.44. The van der Waals surface area contributed by atoms with Crippen LogP contribution in [0.15, 0.2) is 49.2 Å². The second-order valence-electron chi connectivity index (χ2n) is 8.41. The van der Waals surface area contributed by atoms with Crippen molar-refractivity contribution in [3.05, 3.63) is 66.3 Å². The Morgan fingerprint density at radius 2 is 2.03 bits per heavy atom. The number of alkyl halides is 1. The van der Waals surface area contributed by atoms with Crippen LogP contribution in [-0.2, 0) is 4.74 Å². The molecule has 0 spiro atoms. The predicted octanol–water partition coefficient (Wildman–Crippen LogP) is 2.39. The van der Waals surface area contributed by atoms with Gasteiger partial charge in [-0.1, -0.05) is 5.21 Å². The summed E-state index contributed by atoms with van der Waals surface area (Å²) in [5, 5.41) is 19.5. The molecule has 3 aromatic heterocycles. The van der Waals surface area contributed by atoms with Gasteiger partial charge in [-0.05, 0) is 37.1 Å². The maximum atomic E-state index is 14.0. The molecule has 1 aliphatic carbocycles. The monoisotopic (exact) mass is 436 g/mol. The van der Waals surface area contributed by atoms with Crippen molar-refractivity contribution in [3.63, 3.8) is 0 Å². The molecule has 1 aromatic carbocycles. The first-order chi connectivity index (χ1) is 15.6. The Hall–Kier alpha value is -3.37. The molecule has 2 aliphatic rings. The summed E-state index contributed by atoms with van der Waals surface area (Å²) in [4.78, 5) is 8.77. The second-order valence-corrected chi connectivity index (χ2v) is 8.41. The summed E-state index contributed by atoms with van der Waals surface area (Å²) < 4.78 is 27.9. The number of imidazole rings is 1. The summed E-state index contributed by atoms with van der Waals surface area (Å²) in [6, 6.07) is 7.10. The van der Waals surface area contributed by atoms with Gasteiger partial charge in [0.25, 0.3) is 0 Å². The Morgan fingerprint density at radius 3 is 2.75 bits per heavy atom. The number of ether oxygens (including phenoxy) is 2. The SMILES string of the molecule is OC(c1cn(-c2ccc(OCC3(F)COC3)cc2)nn1)c1c(C2CC2)ncc2cncn12. The van der Waals surface area contributed by atoms with Gasteiger partial charge in [-0.2, -0.15) is 0 Å². The van der Waals surface area contributed by atoms with E-state index in [4.69, 9.17) is 9.47 Å². The lowest BCUT2D eigenvalue weighted by molar-refractivity contribution is -0.146. The van der Waals surface area contributed by atoms with Gasteiger partial charge < -0.3 is 14.6 Å². The van der Waals surface area contributed by atoms with Crippen molar-refractivity contribution in [2.75, 3.05) is 19.8 Å². The predicted molar refractivity (Wildman–Crippen MR) is 111 cm³/mol. The molecule has 1 saturated heterocycles. The van der Waals surface area contributed by atoms with Crippen LogP contribution in [0.4, 0.5) is 4.39 Å². The summed E-state index contributed by atoms with van der Waals surface area (Å²) in [6.45, 7) is 0.100. The van der Waals surface area contributed by atoms with Gasteiger partial charge in [0.1, 0.15) is 24.2 Å². The summed E-state index contributed by atoms with van der Waals surface area (Å²) in [7, 11) is 0. The molecule has 1 atom stereocenters. The van der Waals surface area contributed by atoms with E-state index in [0.717, 1.165) is 29.7 Å². The Morgan fingerprint density at radius 1 is 1.22 bits per heavy atom. The maximum absolute atomic E-state index is 14.0. The maximum Gasteiger partial charge on any atom is 0.190 e. The number of halogens is 1. The van der Waals surface area contributed by atoms with Gasteiger partial charge in [0, 0.05) is 5.92 Å². The first-order valence-corrected chi connectivity index (χ1v) is 10.5. The van der Waals surface area contributed by atoms with Crippen LogP contribution in [0.3, 0.4) is 0 Å². The van der Waals surface area contributed by atoms with Crippen molar-refractivity contribution >= 4 is 5.52 Å². The van der Waals surface area contributed by atoms with Crippen molar-refractivity contribution in [3.8, 4) is 11.4 Å². The van der Waals surface area contributed by atoms with Crippen molar-refractivity contribution < 1.29 is 19.0 Å². The van der Waals surface area contributed by atoms with E-state index in [9.17, 15) is 9.50 Å². The van der Waals surface area contributed by atoms with Crippen LogP contribution >= 0.6 is 0 Å². The molecular formula is C22H21FN6O3. The molecule has 2 fully saturated rings. The molecule has 1 saturated carbocycles. The molecule has 1 unspecified atom stereocenters. The zero-order valence-corrected chi connectivity index (χ0v) is 17.1. The van der Waals surface area contributed by atoms with E-state index in [-0.39, 0.29) is 19.8 Å². The fourth-order valence-corrected chi connectivity index (χ4v) is 3.85. The van der Waals surface area contributed by atoms with Gasteiger partial charge in [-0.15, -0.1) is 5.10 Å². The molecule has 4 heterocycles. The standard InChI is InChI=1S/C22H21FN6O3/c23-22(10-31-11-22)12-32-17-5-3-15(4-6-17)29-9-18(26-27-29)21(30)20-19(14-1-2-14)25-8-16-7-24-13-28(16)20/h3-9,13-14,21,30H,1-2,10-12H2. The molecule has 0 amide bonds.